The Bertz CT molecular complexity index is 804. The Morgan fingerprint density at radius 2 is 2.09 bits per heavy atom. The van der Waals surface area contributed by atoms with Gasteiger partial charge in [-0.2, -0.15) is 0 Å². The lowest BCUT2D eigenvalue weighted by atomic mass is 10.2. The van der Waals surface area contributed by atoms with E-state index in [1.165, 1.54) is 11.3 Å². The lowest BCUT2D eigenvalue weighted by molar-refractivity contribution is -0.120. The molecule has 0 aliphatic rings. The lowest BCUT2D eigenvalue weighted by Crippen LogP contribution is -2.24. The van der Waals surface area contributed by atoms with Crippen LogP contribution in [-0.4, -0.2) is 15.9 Å². The normalized spacial score (nSPS) is 10.5. The molecule has 0 spiro atoms. The highest BCUT2D eigenvalue weighted by molar-refractivity contribution is 7.13. The van der Waals surface area contributed by atoms with Gasteiger partial charge in [0, 0.05) is 29.9 Å². The topological polar surface area (TPSA) is 54.9 Å². The summed E-state index contributed by atoms with van der Waals surface area (Å²) in [5, 5.41) is 6.24. The van der Waals surface area contributed by atoms with E-state index in [9.17, 15) is 4.79 Å². The highest BCUT2D eigenvalue weighted by Gasteiger charge is 2.10. The molecule has 4 nitrogen and oxygen atoms in total. The van der Waals surface area contributed by atoms with Gasteiger partial charge >= 0.3 is 0 Å². The SMILES string of the molecule is O=C(Cc1csc(-c2ccccc2Cl)n1)NCc1cccnc1. The molecule has 0 bridgehead atoms. The molecule has 0 radical (unpaired) electrons. The number of benzene rings is 1. The summed E-state index contributed by atoms with van der Waals surface area (Å²) in [6, 6.07) is 11.3. The van der Waals surface area contributed by atoms with Crippen molar-refractivity contribution < 1.29 is 4.79 Å². The van der Waals surface area contributed by atoms with E-state index in [2.05, 4.69) is 15.3 Å². The van der Waals surface area contributed by atoms with Crippen molar-refractivity contribution in [1.29, 1.82) is 0 Å². The monoisotopic (exact) mass is 343 g/mol. The predicted octanol–water partition coefficient (Wildman–Crippen LogP) is 3.72. The predicted molar refractivity (Wildman–Crippen MR) is 92.3 cm³/mol. The number of nitrogens with zero attached hydrogens (tertiary/aromatic N) is 2. The van der Waals surface area contributed by atoms with Crippen LogP contribution >= 0.6 is 22.9 Å². The molecule has 6 heteroatoms. The molecule has 0 aliphatic carbocycles. The van der Waals surface area contributed by atoms with Crippen LogP contribution in [0.2, 0.25) is 5.02 Å². The standard InChI is InChI=1S/C17H14ClN3OS/c18-15-6-2-1-5-14(15)17-21-13(11-23-17)8-16(22)20-10-12-4-3-7-19-9-12/h1-7,9,11H,8,10H2,(H,20,22). The Hall–Kier alpha value is -2.24. The van der Waals surface area contributed by atoms with Crippen molar-refractivity contribution in [2.75, 3.05) is 0 Å². The molecule has 0 saturated carbocycles. The van der Waals surface area contributed by atoms with Crippen LogP contribution in [-0.2, 0) is 17.8 Å². The second-order valence-electron chi connectivity index (χ2n) is 4.94. The summed E-state index contributed by atoms with van der Waals surface area (Å²) in [4.78, 5) is 20.5. The number of carbonyl (C=O) groups is 1. The molecule has 0 aliphatic heterocycles. The summed E-state index contributed by atoms with van der Waals surface area (Å²) in [5.41, 5.74) is 2.60. The van der Waals surface area contributed by atoms with Crippen molar-refractivity contribution in [2.45, 2.75) is 13.0 Å². The molecule has 2 aromatic heterocycles. The number of aromatic nitrogens is 2. The smallest absolute Gasteiger partial charge is 0.226 e. The number of hydrogen-bond donors (Lipinski definition) is 1. The second kappa shape index (κ2) is 7.35. The summed E-state index contributed by atoms with van der Waals surface area (Å²) in [5.74, 6) is -0.0649. The number of carbonyl (C=O) groups excluding carboxylic acids is 1. The molecule has 0 saturated heterocycles. The van der Waals surface area contributed by atoms with Crippen molar-refractivity contribution in [3.05, 3.63) is 70.5 Å². The van der Waals surface area contributed by atoms with Crippen LogP contribution in [0.3, 0.4) is 0 Å². The number of pyridine rings is 1. The van der Waals surface area contributed by atoms with Gasteiger partial charge in [0.2, 0.25) is 5.91 Å². The number of hydrogen-bond acceptors (Lipinski definition) is 4. The molecule has 23 heavy (non-hydrogen) atoms. The van der Waals surface area contributed by atoms with Gasteiger partial charge in [-0.15, -0.1) is 11.3 Å². The van der Waals surface area contributed by atoms with Gasteiger partial charge in [-0.25, -0.2) is 4.98 Å². The van der Waals surface area contributed by atoms with Crippen LogP contribution in [0.1, 0.15) is 11.3 Å². The van der Waals surface area contributed by atoms with Gasteiger partial charge in [0.25, 0.3) is 0 Å². The lowest BCUT2D eigenvalue weighted by Gasteiger charge is -2.03. The summed E-state index contributed by atoms with van der Waals surface area (Å²) < 4.78 is 0. The number of halogens is 1. The minimum Gasteiger partial charge on any atom is -0.352 e. The largest absolute Gasteiger partial charge is 0.352 e. The van der Waals surface area contributed by atoms with Crippen LogP contribution < -0.4 is 5.32 Å². The van der Waals surface area contributed by atoms with Crippen molar-refractivity contribution in [1.82, 2.24) is 15.3 Å². The fourth-order valence-electron chi connectivity index (χ4n) is 2.08. The molecule has 0 unspecified atom stereocenters. The van der Waals surface area contributed by atoms with Gasteiger partial charge in [-0.05, 0) is 17.7 Å². The quantitative estimate of drug-likeness (QED) is 0.768. The van der Waals surface area contributed by atoms with Crippen molar-refractivity contribution >= 4 is 28.8 Å². The molecule has 0 atom stereocenters. The van der Waals surface area contributed by atoms with Crippen LogP contribution in [0, 0.1) is 0 Å². The molecule has 2 heterocycles. The van der Waals surface area contributed by atoms with E-state index in [4.69, 9.17) is 11.6 Å². The fourth-order valence-corrected chi connectivity index (χ4v) is 3.22. The third-order valence-corrected chi connectivity index (χ3v) is 4.46. The number of amides is 1. The maximum Gasteiger partial charge on any atom is 0.226 e. The van der Waals surface area contributed by atoms with Gasteiger partial charge in [0.15, 0.2) is 0 Å². The summed E-state index contributed by atoms with van der Waals surface area (Å²) in [7, 11) is 0. The van der Waals surface area contributed by atoms with E-state index in [0.29, 0.717) is 11.6 Å². The summed E-state index contributed by atoms with van der Waals surface area (Å²) in [6.45, 7) is 0.466. The maximum absolute atomic E-state index is 12.0. The zero-order valence-electron chi connectivity index (χ0n) is 12.2. The Morgan fingerprint density at radius 3 is 2.87 bits per heavy atom. The van der Waals surface area contributed by atoms with E-state index in [1.54, 1.807) is 12.4 Å². The molecule has 1 N–H and O–H groups in total. The third-order valence-electron chi connectivity index (χ3n) is 3.21. The molecule has 3 rings (SSSR count). The van der Waals surface area contributed by atoms with Gasteiger partial charge < -0.3 is 5.32 Å². The minimum absolute atomic E-state index is 0.0649. The van der Waals surface area contributed by atoms with Gasteiger partial charge in [-0.1, -0.05) is 35.9 Å². The van der Waals surface area contributed by atoms with Crippen molar-refractivity contribution in [2.24, 2.45) is 0 Å². The zero-order valence-corrected chi connectivity index (χ0v) is 13.8. The highest BCUT2D eigenvalue weighted by Crippen LogP contribution is 2.30. The highest BCUT2D eigenvalue weighted by atomic mass is 35.5. The van der Waals surface area contributed by atoms with E-state index >= 15 is 0 Å². The summed E-state index contributed by atoms with van der Waals surface area (Å²) in [6.07, 6.45) is 3.69. The maximum atomic E-state index is 12.0. The number of rotatable bonds is 5. The number of thiazole rings is 1. The molecule has 116 valence electrons. The van der Waals surface area contributed by atoms with E-state index in [0.717, 1.165) is 21.8 Å². The first-order valence-corrected chi connectivity index (χ1v) is 8.33. The van der Waals surface area contributed by atoms with Gasteiger partial charge in [-0.3, -0.25) is 9.78 Å². The molecule has 1 amide bonds. The minimum atomic E-state index is -0.0649. The molecule has 3 aromatic rings. The van der Waals surface area contributed by atoms with E-state index < -0.39 is 0 Å². The first-order valence-electron chi connectivity index (χ1n) is 7.07. The Labute approximate surface area is 143 Å². The Balaban J connectivity index is 1.61. The second-order valence-corrected chi connectivity index (χ2v) is 6.20. The van der Waals surface area contributed by atoms with Crippen LogP contribution in [0.5, 0.6) is 0 Å². The summed E-state index contributed by atoms with van der Waals surface area (Å²) >= 11 is 7.66. The van der Waals surface area contributed by atoms with Crippen molar-refractivity contribution in [3.8, 4) is 10.6 Å². The zero-order chi connectivity index (χ0) is 16.1. The molecular weight excluding hydrogens is 330 g/mol. The van der Waals surface area contributed by atoms with Crippen LogP contribution in [0.4, 0.5) is 0 Å². The van der Waals surface area contributed by atoms with E-state index in [1.807, 2.05) is 41.8 Å². The Kier molecular flexibility index (Phi) is 5.00. The Morgan fingerprint density at radius 1 is 1.22 bits per heavy atom. The van der Waals surface area contributed by atoms with Crippen LogP contribution in [0.15, 0.2) is 54.2 Å². The van der Waals surface area contributed by atoms with Crippen LogP contribution in [0.25, 0.3) is 10.6 Å². The third kappa shape index (κ3) is 4.15. The van der Waals surface area contributed by atoms with Gasteiger partial charge in [0.1, 0.15) is 5.01 Å². The number of nitrogens with one attached hydrogen (secondary N) is 1. The van der Waals surface area contributed by atoms with E-state index in [-0.39, 0.29) is 12.3 Å². The molecule has 1 aromatic carbocycles. The first kappa shape index (κ1) is 15.6. The molecular formula is C17H14ClN3OS. The first-order chi connectivity index (χ1) is 11.2. The molecule has 0 fully saturated rings. The fraction of sp³-hybridized carbons (Fsp3) is 0.118. The average molecular weight is 344 g/mol. The van der Waals surface area contributed by atoms with Crippen molar-refractivity contribution in [3.63, 3.8) is 0 Å². The van der Waals surface area contributed by atoms with Gasteiger partial charge in [0.05, 0.1) is 17.1 Å². The average Bonchev–Trinajstić information content (AvgIpc) is 3.02.